The third-order valence-electron chi connectivity index (χ3n) is 4.42. The highest BCUT2D eigenvalue weighted by molar-refractivity contribution is 5.99. The van der Waals surface area contributed by atoms with E-state index in [1.807, 2.05) is 30.3 Å². The highest BCUT2D eigenvalue weighted by Crippen LogP contribution is 2.43. The van der Waals surface area contributed by atoms with Crippen molar-refractivity contribution in [3.05, 3.63) is 35.9 Å². The topological polar surface area (TPSA) is 58.2 Å². The van der Waals surface area contributed by atoms with Crippen molar-refractivity contribution < 1.29 is 9.59 Å². The zero-order chi connectivity index (χ0) is 13.3. The van der Waals surface area contributed by atoms with Crippen LogP contribution in [0.1, 0.15) is 24.8 Å². The number of hydrogen-bond donors (Lipinski definition) is 2. The van der Waals surface area contributed by atoms with Gasteiger partial charge in [-0.3, -0.25) is 14.9 Å². The van der Waals surface area contributed by atoms with Crippen molar-refractivity contribution in [2.45, 2.75) is 24.7 Å². The summed E-state index contributed by atoms with van der Waals surface area (Å²) in [4.78, 5) is 23.7. The Bertz CT molecular complexity index is 476. The number of nitrogens with one attached hydrogen (secondary N) is 2. The fourth-order valence-electron chi connectivity index (χ4n) is 3.50. The first-order valence-corrected chi connectivity index (χ1v) is 6.80. The van der Waals surface area contributed by atoms with Gasteiger partial charge in [-0.25, -0.2) is 0 Å². The number of carbonyl (C=O) groups excluding carboxylic acids is 2. The third kappa shape index (κ3) is 2.16. The second kappa shape index (κ2) is 4.78. The molecule has 2 aliphatic rings. The Balaban J connectivity index is 2.04. The Morgan fingerprint density at radius 1 is 1.05 bits per heavy atom. The molecule has 0 bridgehead atoms. The number of rotatable bonds is 2. The maximum atomic E-state index is 11.9. The van der Waals surface area contributed by atoms with Crippen molar-refractivity contribution in [2.24, 2.45) is 5.92 Å². The van der Waals surface area contributed by atoms with Gasteiger partial charge in [0.15, 0.2) is 0 Å². The van der Waals surface area contributed by atoms with Crippen LogP contribution in [0.15, 0.2) is 30.3 Å². The molecule has 2 amide bonds. The predicted molar refractivity (Wildman–Crippen MR) is 71.5 cm³/mol. The summed E-state index contributed by atoms with van der Waals surface area (Å²) in [5.41, 5.74) is 0.788. The van der Waals surface area contributed by atoms with Crippen molar-refractivity contribution in [1.82, 2.24) is 10.6 Å². The summed E-state index contributed by atoms with van der Waals surface area (Å²) in [6, 6.07) is 10.0. The highest BCUT2D eigenvalue weighted by Gasteiger charge is 2.47. The molecule has 4 nitrogen and oxygen atoms in total. The van der Waals surface area contributed by atoms with E-state index in [1.165, 1.54) is 0 Å². The molecular weight excluding hydrogens is 240 g/mol. The Morgan fingerprint density at radius 3 is 2.32 bits per heavy atom. The molecule has 2 heterocycles. The number of imide groups is 1. The summed E-state index contributed by atoms with van der Waals surface area (Å²) in [5.74, 6) is 0.0592. The first-order valence-electron chi connectivity index (χ1n) is 6.80. The van der Waals surface area contributed by atoms with Crippen molar-refractivity contribution in [3.63, 3.8) is 0 Å². The number of piperidine rings is 1. The fourth-order valence-corrected chi connectivity index (χ4v) is 3.50. The Labute approximate surface area is 112 Å². The lowest BCUT2D eigenvalue weighted by Crippen LogP contribution is -2.51. The Morgan fingerprint density at radius 2 is 1.74 bits per heavy atom. The number of benzene rings is 1. The van der Waals surface area contributed by atoms with E-state index in [-0.39, 0.29) is 17.2 Å². The molecule has 0 aromatic heterocycles. The molecule has 4 heteroatoms. The molecule has 3 rings (SSSR count). The first kappa shape index (κ1) is 12.4. The zero-order valence-corrected chi connectivity index (χ0v) is 10.8. The van der Waals surface area contributed by atoms with Crippen LogP contribution in [0.2, 0.25) is 0 Å². The van der Waals surface area contributed by atoms with Crippen LogP contribution in [0.25, 0.3) is 0 Å². The minimum Gasteiger partial charge on any atom is -0.316 e. The lowest BCUT2D eigenvalue weighted by Gasteiger charge is -2.41. The largest absolute Gasteiger partial charge is 0.316 e. The number of hydrogen-bond acceptors (Lipinski definition) is 3. The minimum atomic E-state index is -0.329. The van der Waals surface area contributed by atoms with Crippen molar-refractivity contribution in [3.8, 4) is 0 Å². The summed E-state index contributed by atoms with van der Waals surface area (Å²) in [5, 5.41) is 5.78. The summed E-state index contributed by atoms with van der Waals surface area (Å²) >= 11 is 0. The quantitative estimate of drug-likeness (QED) is 0.777. The van der Waals surface area contributed by atoms with E-state index < -0.39 is 0 Å². The normalized spacial score (nSPS) is 26.2. The van der Waals surface area contributed by atoms with Gasteiger partial charge in [-0.1, -0.05) is 30.3 Å². The van der Waals surface area contributed by atoms with Gasteiger partial charge in [0.05, 0.1) is 0 Å². The lowest BCUT2D eigenvalue weighted by atomic mass is 9.64. The standard InChI is InChI=1S/C15H18N2O2/c18-13-8-15(9-14(19)17-13,12-6-7-16-10-12)11-4-2-1-3-5-11/h1-5,12,16H,6-10H2,(H,17,18,19). The van der Waals surface area contributed by atoms with Gasteiger partial charge < -0.3 is 5.32 Å². The molecule has 0 aliphatic carbocycles. The molecule has 19 heavy (non-hydrogen) atoms. The number of amides is 2. The van der Waals surface area contributed by atoms with E-state index >= 15 is 0 Å². The maximum absolute atomic E-state index is 11.9. The SMILES string of the molecule is O=C1CC(c2ccccc2)(C2CCNC2)CC(=O)N1. The van der Waals surface area contributed by atoms with Gasteiger partial charge in [-0.15, -0.1) is 0 Å². The van der Waals surface area contributed by atoms with E-state index in [1.54, 1.807) is 0 Å². The van der Waals surface area contributed by atoms with Gasteiger partial charge in [0.25, 0.3) is 0 Å². The molecule has 0 saturated carbocycles. The van der Waals surface area contributed by atoms with Crippen LogP contribution >= 0.6 is 0 Å². The molecule has 2 aliphatic heterocycles. The molecule has 1 atom stereocenters. The summed E-state index contributed by atoms with van der Waals surface area (Å²) < 4.78 is 0. The lowest BCUT2D eigenvalue weighted by molar-refractivity contribution is -0.136. The van der Waals surface area contributed by atoms with Crippen molar-refractivity contribution >= 4 is 11.8 Å². The molecule has 2 fully saturated rings. The number of carbonyl (C=O) groups is 2. The Kier molecular flexibility index (Phi) is 3.11. The molecule has 0 radical (unpaired) electrons. The van der Waals surface area contributed by atoms with E-state index in [0.717, 1.165) is 25.1 Å². The van der Waals surface area contributed by atoms with Crippen LogP contribution in [0.5, 0.6) is 0 Å². The first-order chi connectivity index (χ1) is 9.21. The van der Waals surface area contributed by atoms with Gasteiger partial charge in [0, 0.05) is 18.3 Å². The van der Waals surface area contributed by atoms with E-state index in [2.05, 4.69) is 10.6 Å². The molecule has 2 N–H and O–H groups in total. The Hall–Kier alpha value is -1.68. The molecule has 1 aromatic carbocycles. The van der Waals surface area contributed by atoms with Gasteiger partial charge >= 0.3 is 0 Å². The van der Waals surface area contributed by atoms with Gasteiger partial charge in [0.1, 0.15) is 0 Å². The van der Waals surface area contributed by atoms with Crippen molar-refractivity contribution in [1.29, 1.82) is 0 Å². The molecule has 100 valence electrons. The zero-order valence-electron chi connectivity index (χ0n) is 10.8. The third-order valence-corrected chi connectivity index (χ3v) is 4.42. The van der Waals surface area contributed by atoms with Crippen LogP contribution in [-0.2, 0) is 15.0 Å². The average molecular weight is 258 g/mol. The van der Waals surface area contributed by atoms with Gasteiger partial charge in [0.2, 0.25) is 11.8 Å². The van der Waals surface area contributed by atoms with Crippen LogP contribution < -0.4 is 10.6 Å². The molecular formula is C15H18N2O2. The van der Waals surface area contributed by atoms with Crippen LogP contribution in [0.4, 0.5) is 0 Å². The highest BCUT2D eigenvalue weighted by atomic mass is 16.2. The van der Waals surface area contributed by atoms with E-state index in [4.69, 9.17) is 0 Å². The smallest absolute Gasteiger partial charge is 0.227 e. The molecule has 1 aromatic rings. The average Bonchev–Trinajstić information content (AvgIpc) is 2.93. The molecule has 1 unspecified atom stereocenters. The van der Waals surface area contributed by atoms with Crippen LogP contribution in [0, 0.1) is 5.92 Å². The molecule has 2 saturated heterocycles. The molecule has 0 spiro atoms. The van der Waals surface area contributed by atoms with Crippen LogP contribution in [0.3, 0.4) is 0 Å². The van der Waals surface area contributed by atoms with Gasteiger partial charge in [-0.2, -0.15) is 0 Å². The van der Waals surface area contributed by atoms with Crippen molar-refractivity contribution in [2.75, 3.05) is 13.1 Å². The van der Waals surface area contributed by atoms with E-state index in [0.29, 0.717) is 18.8 Å². The fraction of sp³-hybridized carbons (Fsp3) is 0.467. The second-order valence-electron chi connectivity index (χ2n) is 5.54. The maximum Gasteiger partial charge on any atom is 0.227 e. The van der Waals surface area contributed by atoms with Gasteiger partial charge in [-0.05, 0) is 31.0 Å². The monoisotopic (exact) mass is 258 g/mol. The predicted octanol–water partition coefficient (Wildman–Crippen LogP) is 0.970. The summed E-state index contributed by atoms with van der Waals surface area (Å²) in [7, 11) is 0. The van der Waals surface area contributed by atoms with Crippen LogP contribution in [-0.4, -0.2) is 24.9 Å². The van der Waals surface area contributed by atoms with E-state index in [9.17, 15) is 9.59 Å². The minimum absolute atomic E-state index is 0.146. The summed E-state index contributed by atoms with van der Waals surface area (Å²) in [6.07, 6.45) is 1.85. The summed E-state index contributed by atoms with van der Waals surface area (Å²) in [6.45, 7) is 1.85. The second-order valence-corrected chi connectivity index (χ2v) is 5.54.